The van der Waals surface area contributed by atoms with Gasteiger partial charge in [-0.2, -0.15) is 12.6 Å². The minimum atomic E-state index is -1.02. The maximum absolute atomic E-state index is 13.0. The molecule has 2 amide bonds. The third kappa shape index (κ3) is 5.74. The number of carbonyl (C=O) groups excluding carboxylic acids is 2. The summed E-state index contributed by atoms with van der Waals surface area (Å²) in [6, 6.07) is 8.87. The van der Waals surface area contributed by atoms with Crippen molar-refractivity contribution in [3.05, 3.63) is 35.9 Å². The summed E-state index contributed by atoms with van der Waals surface area (Å²) in [4.78, 5) is 38.4. The second-order valence-corrected chi connectivity index (χ2v) is 8.51. The predicted octanol–water partition coefficient (Wildman–Crippen LogP) is 2.28. The molecule has 2 N–H and O–H groups in total. The number of amides is 2. The standard InChI is InChI=1S/C21H28N2O4S/c24-19(25)13-23-16(11-15-9-10-15)7-4-8-17(21(23)27)22-20(26)18(28)12-14-5-2-1-3-6-14/h1-3,5-6,15-18,28H,4,7-13H2,(H,22,26)(H,24,25)/t16-,17+,18+/m0/s1. The number of carbonyl (C=O) groups is 3. The molecule has 152 valence electrons. The number of aliphatic carboxylic acids is 1. The van der Waals surface area contributed by atoms with Crippen LogP contribution in [-0.2, 0) is 20.8 Å². The number of carboxylic acids is 1. The van der Waals surface area contributed by atoms with E-state index >= 15 is 0 Å². The highest BCUT2D eigenvalue weighted by Crippen LogP contribution is 2.36. The van der Waals surface area contributed by atoms with Crippen molar-refractivity contribution in [2.24, 2.45) is 5.92 Å². The lowest BCUT2D eigenvalue weighted by Crippen LogP contribution is -2.53. The average molecular weight is 405 g/mol. The molecule has 1 aromatic rings. The monoisotopic (exact) mass is 404 g/mol. The van der Waals surface area contributed by atoms with Gasteiger partial charge in [0.05, 0.1) is 5.25 Å². The number of benzene rings is 1. The van der Waals surface area contributed by atoms with Crippen molar-refractivity contribution in [3.63, 3.8) is 0 Å². The van der Waals surface area contributed by atoms with E-state index < -0.39 is 17.3 Å². The summed E-state index contributed by atoms with van der Waals surface area (Å²) in [5, 5.41) is 11.5. The summed E-state index contributed by atoms with van der Waals surface area (Å²) in [5.74, 6) is -0.981. The van der Waals surface area contributed by atoms with Gasteiger partial charge in [-0.15, -0.1) is 0 Å². The van der Waals surface area contributed by atoms with Crippen molar-refractivity contribution >= 4 is 30.4 Å². The number of likely N-dealkylation sites (tertiary alicyclic amines) is 1. The number of hydrogen-bond acceptors (Lipinski definition) is 4. The number of carboxylic acid groups (broad SMARTS) is 1. The van der Waals surface area contributed by atoms with Gasteiger partial charge in [0.25, 0.3) is 0 Å². The SMILES string of the molecule is O=C(O)CN1C(=O)[C@H](NC(=O)[C@H](S)Cc2ccccc2)CCC[C@H]1CC1CC1. The normalized spacial score (nSPS) is 23.8. The molecule has 1 aliphatic carbocycles. The van der Waals surface area contributed by atoms with E-state index in [0.29, 0.717) is 18.8 Å². The lowest BCUT2D eigenvalue weighted by molar-refractivity contribution is -0.147. The quantitative estimate of drug-likeness (QED) is 0.580. The summed E-state index contributed by atoms with van der Waals surface area (Å²) in [5.41, 5.74) is 1.00. The third-order valence-corrected chi connectivity index (χ3v) is 5.97. The van der Waals surface area contributed by atoms with Gasteiger partial charge in [-0.3, -0.25) is 14.4 Å². The zero-order chi connectivity index (χ0) is 20.1. The molecule has 1 saturated carbocycles. The molecule has 0 aromatic heterocycles. The molecular formula is C21H28N2O4S. The Morgan fingerprint density at radius 3 is 2.54 bits per heavy atom. The molecule has 7 heteroatoms. The van der Waals surface area contributed by atoms with Crippen LogP contribution >= 0.6 is 12.6 Å². The second-order valence-electron chi connectivity index (χ2n) is 7.89. The first-order chi connectivity index (χ1) is 13.4. The van der Waals surface area contributed by atoms with Gasteiger partial charge < -0.3 is 15.3 Å². The van der Waals surface area contributed by atoms with Gasteiger partial charge >= 0.3 is 5.97 Å². The largest absolute Gasteiger partial charge is 0.480 e. The van der Waals surface area contributed by atoms with Crippen LogP contribution in [0.4, 0.5) is 0 Å². The Balaban J connectivity index is 1.63. The molecule has 1 heterocycles. The second kappa shape index (κ2) is 9.45. The zero-order valence-corrected chi connectivity index (χ0v) is 16.8. The zero-order valence-electron chi connectivity index (χ0n) is 15.9. The molecular weight excluding hydrogens is 376 g/mol. The van der Waals surface area contributed by atoms with Crippen LogP contribution in [0.3, 0.4) is 0 Å². The summed E-state index contributed by atoms with van der Waals surface area (Å²) in [6.45, 7) is -0.309. The third-order valence-electron chi connectivity index (χ3n) is 5.55. The maximum Gasteiger partial charge on any atom is 0.323 e. The van der Waals surface area contributed by atoms with E-state index in [9.17, 15) is 19.5 Å². The molecule has 3 atom stereocenters. The molecule has 2 fully saturated rings. The Hall–Kier alpha value is -2.02. The van der Waals surface area contributed by atoms with Crippen molar-refractivity contribution in [3.8, 4) is 0 Å². The Bertz CT molecular complexity index is 708. The molecule has 6 nitrogen and oxygen atoms in total. The Kier molecular flexibility index (Phi) is 6.99. The first-order valence-electron chi connectivity index (χ1n) is 9.98. The van der Waals surface area contributed by atoms with Crippen molar-refractivity contribution in [2.45, 2.75) is 62.3 Å². The summed E-state index contributed by atoms with van der Waals surface area (Å²) >= 11 is 4.41. The van der Waals surface area contributed by atoms with E-state index in [1.807, 2.05) is 30.3 Å². The summed E-state index contributed by atoms with van der Waals surface area (Å²) in [7, 11) is 0. The van der Waals surface area contributed by atoms with Gasteiger partial charge in [-0.25, -0.2) is 0 Å². The molecule has 0 unspecified atom stereocenters. The van der Waals surface area contributed by atoms with E-state index in [0.717, 1.165) is 37.7 Å². The predicted molar refractivity (Wildman–Crippen MR) is 109 cm³/mol. The van der Waals surface area contributed by atoms with Crippen molar-refractivity contribution in [2.75, 3.05) is 6.54 Å². The summed E-state index contributed by atoms with van der Waals surface area (Å²) in [6.07, 6.45) is 5.77. The molecule has 0 spiro atoms. The highest BCUT2D eigenvalue weighted by Gasteiger charge is 2.37. The molecule has 28 heavy (non-hydrogen) atoms. The van der Waals surface area contributed by atoms with Crippen LogP contribution in [0.2, 0.25) is 0 Å². The van der Waals surface area contributed by atoms with Gasteiger partial charge in [-0.05, 0) is 43.6 Å². The van der Waals surface area contributed by atoms with Gasteiger partial charge in [0.15, 0.2) is 0 Å². The van der Waals surface area contributed by atoms with Crippen LogP contribution in [0.1, 0.15) is 44.1 Å². The fourth-order valence-electron chi connectivity index (χ4n) is 3.89. The van der Waals surface area contributed by atoms with E-state index in [1.54, 1.807) is 0 Å². The Morgan fingerprint density at radius 1 is 1.18 bits per heavy atom. The Morgan fingerprint density at radius 2 is 1.89 bits per heavy atom. The van der Waals surface area contributed by atoms with Crippen LogP contribution in [0, 0.1) is 5.92 Å². The summed E-state index contributed by atoms with van der Waals surface area (Å²) < 4.78 is 0. The number of nitrogens with one attached hydrogen (secondary N) is 1. The van der Waals surface area contributed by atoms with E-state index in [-0.39, 0.29) is 24.4 Å². The fraction of sp³-hybridized carbons (Fsp3) is 0.571. The smallest absolute Gasteiger partial charge is 0.323 e. The van der Waals surface area contributed by atoms with Crippen molar-refractivity contribution < 1.29 is 19.5 Å². The highest BCUT2D eigenvalue weighted by atomic mass is 32.1. The molecule has 3 rings (SSSR count). The van der Waals surface area contributed by atoms with Crippen LogP contribution in [0.5, 0.6) is 0 Å². The number of thiol groups is 1. The van der Waals surface area contributed by atoms with Crippen molar-refractivity contribution in [1.29, 1.82) is 0 Å². The van der Waals surface area contributed by atoms with Crippen molar-refractivity contribution in [1.82, 2.24) is 10.2 Å². The number of rotatable bonds is 8. The van der Waals surface area contributed by atoms with Gasteiger partial charge in [0, 0.05) is 6.04 Å². The van der Waals surface area contributed by atoms with Crippen LogP contribution in [0.25, 0.3) is 0 Å². The molecule has 1 aliphatic heterocycles. The first kappa shape index (κ1) is 20.7. The lowest BCUT2D eigenvalue weighted by Gasteiger charge is -2.31. The average Bonchev–Trinajstić information content (AvgIpc) is 3.49. The fourth-order valence-corrected chi connectivity index (χ4v) is 4.17. The van der Waals surface area contributed by atoms with Gasteiger partial charge in [0.1, 0.15) is 12.6 Å². The maximum atomic E-state index is 13.0. The minimum Gasteiger partial charge on any atom is -0.480 e. The topological polar surface area (TPSA) is 86.7 Å². The molecule has 2 aliphatic rings. The van der Waals surface area contributed by atoms with Crippen LogP contribution < -0.4 is 5.32 Å². The van der Waals surface area contributed by atoms with E-state index in [4.69, 9.17) is 0 Å². The molecule has 0 bridgehead atoms. The number of nitrogens with zero attached hydrogens (tertiary/aromatic N) is 1. The highest BCUT2D eigenvalue weighted by molar-refractivity contribution is 7.81. The first-order valence-corrected chi connectivity index (χ1v) is 10.5. The lowest BCUT2D eigenvalue weighted by atomic mass is 10.0. The van der Waals surface area contributed by atoms with Crippen LogP contribution in [0.15, 0.2) is 30.3 Å². The van der Waals surface area contributed by atoms with E-state index in [2.05, 4.69) is 17.9 Å². The minimum absolute atomic E-state index is 0.0471. The Labute approximate surface area is 171 Å². The molecule has 1 aromatic carbocycles. The van der Waals surface area contributed by atoms with Gasteiger partial charge in [-0.1, -0.05) is 43.2 Å². The van der Waals surface area contributed by atoms with Gasteiger partial charge in [0.2, 0.25) is 11.8 Å². The molecule has 1 saturated heterocycles. The molecule has 0 radical (unpaired) electrons. The van der Waals surface area contributed by atoms with E-state index in [1.165, 1.54) is 4.90 Å². The number of hydrogen-bond donors (Lipinski definition) is 3. The van der Waals surface area contributed by atoms with Crippen LogP contribution in [-0.4, -0.2) is 51.7 Å².